The van der Waals surface area contributed by atoms with E-state index in [0.717, 1.165) is 36.6 Å². The van der Waals surface area contributed by atoms with E-state index in [9.17, 15) is 4.39 Å². The number of aryl methyl sites for hydroxylation is 1. The normalized spacial score (nSPS) is 11.0. The summed E-state index contributed by atoms with van der Waals surface area (Å²) in [5.74, 6) is 0.461. The van der Waals surface area contributed by atoms with Crippen molar-refractivity contribution >= 4 is 37.5 Å². The average Bonchev–Trinajstić information content (AvgIpc) is 2.78. The molecule has 20 heavy (non-hydrogen) atoms. The molecule has 0 saturated heterocycles. The van der Waals surface area contributed by atoms with Crippen LogP contribution >= 0.6 is 27.3 Å². The molecule has 0 unspecified atom stereocenters. The molecule has 0 aliphatic carbocycles. The molecule has 0 amide bonds. The van der Waals surface area contributed by atoms with Gasteiger partial charge in [0.15, 0.2) is 0 Å². The lowest BCUT2D eigenvalue weighted by Gasteiger charge is -2.11. The summed E-state index contributed by atoms with van der Waals surface area (Å²) in [6.45, 7) is 1.97. The average molecular weight is 352 g/mol. The van der Waals surface area contributed by atoms with Gasteiger partial charge in [-0.05, 0) is 46.6 Å². The number of thiazole rings is 1. The summed E-state index contributed by atoms with van der Waals surface area (Å²) in [6.07, 6.45) is 0. The Bertz CT molecular complexity index is 783. The van der Waals surface area contributed by atoms with Crippen LogP contribution in [0.15, 0.2) is 34.8 Å². The highest BCUT2D eigenvalue weighted by molar-refractivity contribution is 9.10. The van der Waals surface area contributed by atoms with Gasteiger partial charge in [-0.3, -0.25) is 0 Å². The van der Waals surface area contributed by atoms with Crippen LogP contribution in [0.3, 0.4) is 0 Å². The summed E-state index contributed by atoms with van der Waals surface area (Å²) in [5.41, 5.74) is 2.67. The Hall–Kier alpha value is -1.46. The predicted molar refractivity (Wildman–Crippen MR) is 84.0 cm³/mol. The van der Waals surface area contributed by atoms with Gasteiger partial charge in [-0.2, -0.15) is 0 Å². The van der Waals surface area contributed by atoms with E-state index in [1.807, 2.05) is 13.0 Å². The first-order valence-electron chi connectivity index (χ1n) is 5.99. The Labute approximate surface area is 128 Å². The van der Waals surface area contributed by atoms with Gasteiger partial charge in [0.25, 0.3) is 0 Å². The SMILES string of the molecule is COc1c(Br)cc2sc(C)nc2c1-c1ccc(F)cc1. The first-order chi connectivity index (χ1) is 9.60. The lowest BCUT2D eigenvalue weighted by Crippen LogP contribution is -1.91. The van der Waals surface area contributed by atoms with Crippen LogP contribution in [0.5, 0.6) is 5.75 Å². The van der Waals surface area contributed by atoms with E-state index >= 15 is 0 Å². The van der Waals surface area contributed by atoms with Gasteiger partial charge in [-0.1, -0.05) is 12.1 Å². The molecule has 0 atom stereocenters. The van der Waals surface area contributed by atoms with Crippen LogP contribution < -0.4 is 4.74 Å². The van der Waals surface area contributed by atoms with E-state index in [0.29, 0.717) is 0 Å². The molecule has 0 saturated carbocycles. The number of benzene rings is 2. The molecule has 1 aromatic heterocycles. The van der Waals surface area contributed by atoms with E-state index < -0.39 is 0 Å². The fourth-order valence-electron chi connectivity index (χ4n) is 2.21. The van der Waals surface area contributed by atoms with Crippen LogP contribution in [-0.2, 0) is 0 Å². The van der Waals surface area contributed by atoms with Crippen LogP contribution in [0.4, 0.5) is 4.39 Å². The molecule has 0 spiro atoms. The number of methoxy groups -OCH3 is 1. The monoisotopic (exact) mass is 351 g/mol. The zero-order valence-electron chi connectivity index (χ0n) is 10.9. The number of hydrogen-bond donors (Lipinski definition) is 0. The maximum absolute atomic E-state index is 13.1. The molecule has 0 N–H and O–H groups in total. The number of aromatic nitrogens is 1. The number of rotatable bonds is 2. The zero-order valence-corrected chi connectivity index (χ0v) is 13.3. The van der Waals surface area contributed by atoms with Gasteiger partial charge in [-0.15, -0.1) is 11.3 Å². The van der Waals surface area contributed by atoms with E-state index in [1.165, 1.54) is 12.1 Å². The van der Waals surface area contributed by atoms with Gasteiger partial charge in [0, 0.05) is 0 Å². The van der Waals surface area contributed by atoms with Gasteiger partial charge >= 0.3 is 0 Å². The second kappa shape index (κ2) is 5.14. The maximum atomic E-state index is 13.1. The van der Waals surface area contributed by atoms with Crippen molar-refractivity contribution in [2.45, 2.75) is 6.92 Å². The summed E-state index contributed by atoms with van der Waals surface area (Å²) < 4.78 is 20.6. The molecule has 0 bridgehead atoms. The molecular formula is C15H11BrFNOS. The Morgan fingerprint density at radius 2 is 1.95 bits per heavy atom. The largest absolute Gasteiger partial charge is 0.495 e. The Morgan fingerprint density at radius 3 is 2.60 bits per heavy atom. The lowest BCUT2D eigenvalue weighted by atomic mass is 10.0. The van der Waals surface area contributed by atoms with Crippen molar-refractivity contribution in [3.63, 3.8) is 0 Å². The van der Waals surface area contributed by atoms with Crippen molar-refractivity contribution in [3.8, 4) is 16.9 Å². The molecule has 2 aromatic carbocycles. The zero-order chi connectivity index (χ0) is 14.3. The van der Waals surface area contributed by atoms with Gasteiger partial charge in [0.2, 0.25) is 0 Å². The molecule has 0 fully saturated rings. The number of hydrogen-bond acceptors (Lipinski definition) is 3. The van der Waals surface area contributed by atoms with Crippen molar-refractivity contribution < 1.29 is 9.13 Å². The van der Waals surface area contributed by atoms with E-state index in [2.05, 4.69) is 20.9 Å². The second-order valence-electron chi connectivity index (χ2n) is 4.35. The topological polar surface area (TPSA) is 22.1 Å². The van der Waals surface area contributed by atoms with Crippen LogP contribution in [0, 0.1) is 12.7 Å². The predicted octanol–water partition coefficient (Wildman–Crippen LogP) is 5.18. The third-order valence-electron chi connectivity index (χ3n) is 3.04. The summed E-state index contributed by atoms with van der Waals surface area (Å²) >= 11 is 5.16. The smallest absolute Gasteiger partial charge is 0.143 e. The lowest BCUT2D eigenvalue weighted by molar-refractivity contribution is 0.414. The van der Waals surface area contributed by atoms with Crippen LogP contribution in [-0.4, -0.2) is 12.1 Å². The van der Waals surface area contributed by atoms with Crippen molar-refractivity contribution in [1.29, 1.82) is 0 Å². The second-order valence-corrected chi connectivity index (χ2v) is 6.44. The van der Waals surface area contributed by atoms with E-state index in [-0.39, 0.29) is 5.82 Å². The van der Waals surface area contributed by atoms with Gasteiger partial charge in [-0.25, -0.2) is 9.37 Å². The summed E-state index contributed by atoms with van der Waals surface area (Å²) in [4.78, 5) is 4.59. The Kier molecular flexibility index (Phi) is 3.48. The molecule has 5 heteroatoms. The van der Waals surface area contributed by atoms with E-state index in [1.54, 1.807) is 30.6 Å². The molecule has 0 aliphatic heterocycles. The minimum Gasteiger partial charge on any atom is -0.495 e. The van der Waals surface area contributed by atoms with Crippen molar-refractivity contribution in [1.82, 2.24) is 4.98 Å². The molecule has 102 valence electrons. The summed E-state index contributed by atoms with van der Waals surface area (Å²) in [7, 11) is 1.62. The Morgan fingerprint density at radius 1 is 1.25 bits per heavy atom. The number of ether oxygens (including phenoxy) is 1. The standard InChI is InChI=1S/C15H11BrFNOS/c1-8-18-14-12(20-8)7-11(16)15(19-2)13(14)9-3-5-10(17)6-4-9/h3-7H,1-2H3. The first-order valence-corrected chi connectivity index (χ1v) is 7.60. The van der Waals surface area contributed by atoms with Crippen LogP contribution in [0.1, 0.15) is 5.01 Å². The quantitative estimate of drug-likeness (QED) is 0.634. The van der Waals surface area contributed by atoms with Gasteiger partial charge in [0.05, 0.1) is 32.4 Å². The third kappa shape index (κ3) is 2.21. The highest BCUT2D eigenvalue weighted by atomic mass is 79.9. The molecule has 0 aliphatic rings. The minimum absolute atomic E-state index is 0.256. The highest BCUT2D eigenvalue weighted by Crippen LogP contribution is 2.43. The fraction of sp³-hybridized carbons (Fsp3) is 0.133. The van der Waals surface area contributed by atoms with Crippen LogP contribution in [0.25, 0.3) is 21.3 Å². The minimum atomic E-state index is -0.256. The van der Waals surface area contributed by atoms with Gasteiger partial charge < -0.3 is 4.74 Å². The molecule has 1 heterocycles. The molecular weight excluding hydrogens is 341 g/mol. The van der Waals surface area contributed by atoms with E-state index in [4.69, 9.17) is 4.74 Å². The summed E-state index contributed by atoms with van der Waals surface area (Å²) in [5, 5.41) is 0.989. The van der Waals surface area contributed by atoms with Crippen molar-refractivity contribution in [2.75, 3.05) is 7.11 Å². The molecule has 3 rings (SSSR count). The number of halogens is 2. The molecule has 0 radical (unpaired) electrons. The fourth-order valence-corrected chi connectivity index (χ4v) is 3.83. The molecule has 2 nitrogen and oxygen atoms in total. The van der Waals surface area contributed by atoms with Crippen LogP contribution in [0.2, 0.25) is 0 Å². The Balaban J connectivity index is 2.38. The van der Waals surface area contributed by atoms with Crippen molar-refractivity contribution in [3.05, 3.63) is 45.6 Å². The third-order valence-corrected chi connectivity index (χ3v) is 4.54. The maximum Gasteiger partial charge on any atom is 0.143 e. The number of fused-ring (bicyclic) bond motifs is 1. The van der Waals surface area contributed by atoms with Gasteiger partial charge in [0.1, 0.15) is 11.6 Å². The highest BCUT2D eigenvalue weighted by Gasteiger charge is 2.17. The first kappa shape index (κ1) is 13.5. The summed E-state index contributed by atoms with van der Waals surface area (Å²) in [6, 6.07) is 8.38. The number of nitrogens with zero attached hydrogens (tertiary/aromatic N) is 1. The molecule has 3 aromatic rings. The van der Waals surface area contributed by atoms with Crippen molar-refractivity contribution in [2.24, 2.45) is 0 Å².